The normalized spacial score (nSPS) is 16.3. The Morgan fingerprint density at radius 3 is 2.57 bits per heavy atom. The number of anilines is 1. The zero-order valence-corrected chi connectivity index (χ0v) is 13.5. The average molecular weight is 350 g/mol. The molecule has 2 rings (SSSR count). The van der Waals surface area contributed by atoms with Gasteiger partial charge < -0.3 is 5.73 Å². The van der Waals surface area contributed by atoms with Gasteiger partial charge in [0.1, 0.15) is 5.02 Å². The van der Waals surface area contributed by atoms with Gasteiger partial charge in [0.05, 0.1) is 10.7 Å². The van der Waals surface area contributed by atoms with E-state index in [4.69, 9.17) is 40.5 Å². The lowest BCUT2D eigenvalue weighted by Gasteiger charge is -2.16. The molecule has 0 unspecified atom stereocenters. The molecule has 0 bridgehead atoms. The number of nitrogen functional groups attached to an aromatic ring is 1. The van der Waals surface area contributed by atoms with Crippen LogP contribution in [0.1, 0.15) is 42.6 Å². The molecule has 21 heavy (non-hydrogen) atoms. The SMILES string of the molecule is Nc1c(Cl)c(Cl)nc(C(=O)NN=CC2CCCCC2)c1Cl. The summed E-state index contributed by atoms with van der Waals surface area (Å²) < 4.78 is 0. The van der Waals surface area contributed by atoms with Gasteiger partial charge in [0.25, 0.3) is 5.91 Å². The molecule has 1 fully saturated rings. The minimum absolute atomic E-state index is 0.0275. The molecule has 8 heteroatoms. The van der Waals surface area contributed by atoms with Crippen LogP contribution in [0.4, 0.5) is 5.69 Å². The fraction of sp³-hybridized carbons (Fsp3) is 0.462. The molecule has 1 heterocycles. The van der Waals surface area contributed by atoms with Gasteiger partial charge in [0, 0.05) is 6.21 Å². The number of carbonyl (C=O) groups is 1. The maximum absolute atomic E-state index is 12.0. The number of aromatic nitrogens is 1. The third-order valence-electron chi connectivity index (χ3n) is 3.39. The number of hydrazone groups is 1. The van der Waals surface area contributed by atoms with E-state index in [-0.39, 0.29) is 26.6 Å². The number of carbonyl (C=O) groups excluding carboxylic acids is 1. The van der Waals surface area contributed by atoms with Crippen molar-refractivity contribution in [2.75, 3.05) is 5.73 Å². The standard InChI is InChI=1S/C13H15Cl3N4O/c14-8-10(17)9(15)12(16)19-11(8)13(21)20-18-6-7-4-2-1-3-5-7/h6-7H,1-5H2,(H2,17,19)(H,20,21). The van der Waals surface area contributed by atoms with Crippen LogP contribution in [0.5, 0.6) is 0 Å². The third-order valence-corrected chi connectivity index (χ3v) is 4.52. The minimum Gasteiger partial charge on any atom is -0.396 e. The van der Waals surface area contributed by atoms with E-state index in [2.05, 4.69) is 15.5 Å². The van der Waals surface area contributed by atoms with Crippen LogP contribution in [0.2, 0.25) is 15.2 Å². The number of halogens is 3. The predicted molar refractivity (Wildman–Crippen MR) is 86.2 cm³/mol. The van der Waals surface area contributed by atoms with Gasteiger partial charge >= 0.3 is 0 Å². The first-order valence-electron chi connectivity index (χ1n) is 6.64. The van der Waals surface area contributed by atoms with Crippen molar-refractivity contribution in [2.45, 2.75) is 32.1 Å². The van der Waals surface area contributed by atoms with Crippen LogP contribution in [0, 0.1) is 5.92 Å². The summed E-state index contributed by atoms with van der Waals surface area (Å²) in [4.78, 5) is 15.8. The summed E-state index contributed by atoms with van der Waals surface area (Å²) >= 11 is 17.5. The molecule has 0 spiro atoms. The first-order valence-corrected chi connectivity index (χ1v) is 7.77. The summed E-state index contributed by atoms with van der Waals surface area (Å²) in [6.07, 6.45) is 7.60. The van der Waals surface area contributed by atoms with E-state index in [0.29, 0.717) is 5.92 Å². The summed E-state index contributed by atoms with van der Waals surface area (Å²) in [6.45, 7) is 0. The lowest BCUT2D eigenvalue weighted by Crippen LogP contribution is -2.21. The van der Waals surface area contributed by atoms with Gasteiger partial charge in [0.15, 0.2) is 10.8 Å². The van der Waals surface area contributed by atoms with Gasteiger partial charge in [-0.05, 0) is 18.8 Å². The highest BCUT2D eigenvalue weighted by Crippen LogP contribution is 2.34. The molecule has 1 aliphatic rings. The van der Waals surface area contributed by atoms with Gasteiger partial charge in [0.2, 0.25) is 0 Å². The maximum atomic E-state index is 12.0. The summed E-state index contributed by atoms with van der Waals surface area (Å²) in [5.41, 5.74) is 7.98. The zero-order valence-electron chi connectivity index (χ0n) is 11.2. The van der Waals surface area contributed by atoms with Gasteiger partial charge in [-0.2, -0.15) is 5.10 Å². The molecule has 3 N–H and O–H groups in total. The van der Waals surface area contributed by atoms with Gasteiger partial charge in [-0.1, -0.05) is 54.1 Å². The molecule has 5 nitrogen and oxygen atoms in total. The van der Waals surface area contributed by atoms with E-state index in [1.165, 1.54) is 19.3 Å². The van der Waals surface area contributed by atoms with Crippen LogP contribution in [-0.4, -0.2) is 17.1 Å². The molecule has 0 aromatic carbocycles. The first-order chi connectivity index (χ1) is 10.0. The molecule has 1 aliphatic carbocycles. The molecular formula is C13H15Cl3N4O. The molecule has 0 radical (unpaired) electrons. The molecule has 0 atom stereocenters. The molecule has 1 saturated carbocycles. The predicted octanol–water partition coefficient (Wildman–Crippen LogP) is 3.92. The van der Waals surface area contributed by atoms with Crippen LogP contribution < -0.4 is 11.2 Å². The van der Waals surface area contributed by atoms with Crippen LogP contribution >= 0.6 is 34.8 Å². The Labute approximate surface area is 137 Å². The molecule has 1 amide bonds. The molecule has 0 saturated heterocycles. The lowest BCUT2D eigenvalue weighted by atomic mass is 9.90. The number of hydrogen-bond acceptors (Lipinski definition) is 4. The summed E-state index contributed by atoms with van der Waals surface area (Å²) in [5, 5.41) is 3.88. The Morgan fingerprint density at radius 2 is 1.90 bits per heavy atom. The Balaban J connectivity index is 2.05. The molecule has 0 aliphatic heterocycles. The number of nitrogens with two attached hydrogens (primary N) is 1. The van der Waals surface area contributed by atoms with Crippen molar-refractivity contribution >= 4 is 52.6 Å². The fourth-order valence-electron chi connectivity index (χ4n) is 2.22. The zero-order chi connectivity index (χ0) is 15.4. The van der Waals surface area contributed by atoms with Gasteiger partial charge in [-0.15, -0.1) is 0 Å². The Morgan fingerprint density at radius 1 is 1.24 bits per heavy atom. The quantitative estimate of drug-likeness (QED) is 0.493. The number of nitrogens with one attached hydrogen (secondary N) is 1. The largest absolute Gasteiger partial charge is 0.396 e. The summed E-state index contributed by atoms with van der Waals surface area (Å²) in [6, 6.07) is 0. The van der Waals surface area contributed by atoms with E-state index in [9.17, 15) is 4.79 Å². The van der Waals surface area contributed by atoms with Crippen LogP contribution in [0.3, 0.4) is 0 Å². The van der Waals surface area contributed by atoms with E-state index < -0.39 is 5.91 Å². The topological polar surface area (TPSA) is 80.4 Å². The van der Waals surface area contributed by atoms with Crippen molar-refractivity contribution in [3.05, 3.63) is 20.9 Å². The van der Waals surface area contributed by atoms with Crippen molar-refractivity contribution in [3.63, 3.8) is 0 Å². The van der Waals surface area contributed by atoms with Crippen molar-refractivity contribution in [2.24, 2.45) is 11.0 Å². The number of amides is 1. The van der Waals surface area contributed by atoms with Crippen molar-refractivity contribution in [3.8, 4) is 0 Å². The number of pyridine rings is 1. The van der Waals surface area contributed by atoms with E-state index >= 15 is 0 Å². The van der Waals surface area contributed by atoms with E-state index in [1.54, 1.807) is 6.21 Å². The highest BCUT2D eigenvalue weighted by molar-refractivity contribution is 6.46. The lowest BCUT2D eigenvalue weighted by molar-refractivity contribution is 0.0950. The van der Waals surface area contributed by atoms with Crippen molar-refractivity contribution < 1.29 is 4.79 Å². The van der Waals surface area contributed by atoms with E-state index in [1.807, 2.05) is 0 Å². The Hall–Kier alpha value is -1.04. The van der Waals surface area contributed by atoms with Gasteiger partial charge in [-0.25, -0.2) is 10.4 Å². The summed E-state index contributed by atoms with van der Waals surface area (Å²) in [7, 11) is 0. The number of nitrogens with zero attached hydrogens (tertiary/aromatic N) is 2. The van der Waals surface area contributed by atoms with E-state index in [0.717, 1.165) is 12.8 Å². The molecular weight excluding hydrogens is 335 g/mol. The molecule has 1 aromatic rings. The Kier molecular flexibility index (Phi) is 5.67. The minimum atomic E-state index is -0.572. The maximum Gasteiger partial charge on any atom is 0.291 e. The highest BCUT2D eigenvalue weighted by atomic mass is 35.5. The number of rotatable bonds is 3. The molecule has 114 valence electrons. The Bertz CT molecular complexity index is 571. The van der Waals surface area contributed by atoms with Crippen molar-refractivity contribution in [1.29, 1.82) is 0 Å². The van der Waals surface area contributed by atoms with Gasteiger partial charge in [-0.3, -0.25) is 4.79 Å². The highest BCUT2D eigenvalue weighted by Gasteiger charge is 2.19. The van der Waals surface area contributed by atoms with Crippen LogP contribution in [0.25, 0.3) is 0 Å². The van der Waals surface area contributed by atoms with Crippen LogP contribution in [-0.2, 0) is 0 Å². The second-order valence-corrected chi connectivity index (χ2v) is 6.02. The second kappa shape index (κ2) is 7.29. The second-order valence-electron chi connectivity index (χ2n) is 4.91. The average Bonchev–Trinajstić information content (AvgIpc) is 2.49. The molecule has 1 aromatic heterocycles. The fourth-order valence-corrected chi connectivity index (χ4v) is 2.81. The number of hydrogen-bond donors (Lipinski definition) is 2. The van der Waals surface area contributed by atoms with Crippen LogP contribution in [0.15, 0.2) is 5.10 Å². The summed E-state index contributed by atoms with van der Waals surface area (Å²) in [5.74, 6) is -0.168. The third kappa shape index (κ3) is 3.99. The first kappa shape index (κ1) is 16.3. The van der Waals surface area contributed by atoms with Crippen molar-refractivity contribution in [1.82, 2.24) is 10.4 Å². The smallest absolute Gasteiger partial charge is 0.291 e. The monoisotopic (exact) mass is 348 g/mol.